The van der Waals surface area contributed by atoms with Gasteiger partial charge in [-0.25, -0.2) is 15.8 Å². The molecule has 0 bridgehead atoms. The van der Waals surface area contributed by atoms with Crippen molar-refractivity contribution in [2.24, 2.45) is 11.8 Å². The first-order chi connectivity index (χ1) is 10.2. The van der Waals surface area contributed by atoms with E-state index in [-0.39, 0.29) is 0 Å². The predicted octanol–water partition coefficient (Wildman–Crippen LogP) is 2.42. The maximum Gasteiger partial charge on any atom is 0.180 e. The number of nitrogens with two attached hydrogens (primary N) is 1. The highest BCUT2D eigenvalue weighted by Crippen LogP contribution is 2.30. The van der Waals surface area contributed by atoms with E-state index in [1.807, 2.05) is 23.0 Å². The van der Waals surface area contributed by atoms with Crippen LogP contribution in [-0.2, 0) is 0 Å². The average Bonchev–Trinajstić information content (AvgIpc) is 3.14. The molecule has 1 fully saturated rings. The monoisotopic (exact) mass is 288 g/mol. The van der Waals surface area contributed by atoms with Gasteiger partial charge in [-0.3, -0.25) is 0 Å². The standard InChI is InChI=1S/C15H24N6/c1-11(2)9-21(12-5-3-4-6-12)15-14-17-7-8-20(14)10-13(18-15)19-16/h7-8,10-12,19H,3-6,9,16H2,1-2H3. The van der Waals surface area contributed by atoms with E-state index in [9.17, 15) is 0 Å². The third-order valence-electron chi connectivity index (χ3n) is 4.10. The summed E-state index contributed by atoms with van der Waals surface area (Å²) < 4.78 is 1.99. The van der Waals surface area contributed by atoms with Crippen LogP contribution in [0.1, 0.15) is 39.5 Å². The number of anilines is 2. The molecule has 3 rings (SSSR count). The Labute approximate surface area is 125 Å². The van der Waals surface area contributed by atoms with Crippen LogP contribution in [0, 0.1) is 5.92 Å². The Morgan fingerprint density at radius 3 is 2.86 bits per heavy atom. The van der Waals surface area contributed by atoms with Crippen LogP contribution in [0.25, 0.3) is 5.65 Å². The number of fused-ring (bicyclic) bond motifs is 1. The number of hydrogen-bond donors (Lipinski definition) is 2. The van der Waals surface area contributed by atoms with Gasteiger partial charge in [-0.05, 0) is 18.8 Å². The molecule has 2 aromatic rings. The molecule has 6 heteroatoms. The molecule has 0 unspecified atom stereocenters. The molecular formula is C15H24N6. The van der Waals surface area contributed by atoms with Crippen molar-refractivity contribution in [3.63, 3.8) is 0 Å². The second-order valence-corrected chi connectivity index (χ2v) is 6.24. The molecule has 1 saturated carbocycles. The van der Waals surface area contributed by atoms with E-state index in [0.717, 1.165) is 18.0 Å². The van der Waals surface area contributed by atoms with Crippen molar-refractivity contribution in [2.45, 2.75) is 45.6 Å². The summed E-state index contributed by atoms with van der Waals surface area (Å²) in [5.41, 5.74) is 3.57. The van der Waals surface area contributed by atoms with Crippen molar-refractivity contribution < 1.29 is 0 Å². The van der Waals surface area contributed by atoms with Gasteiger partial charge in [0.15, 0.2) is 17.3 Å². The largest absolute Gasteiger partial charge is 0.350 e. The molecule has 0 atom stereocenters. The summed E-state index contributed by atoms with van der Waals surface area (Å²) >= 11 is 0. The van der Waals surface area contributed by atoms with E-state index in [1.165, 1.54) is 25.7 Å². The van der Waals surface area contributed by atoms with Crippen LogP contribution in [0.5, 0.6) is 0 Å². The smallest absolute Gasteiger partial charge is 0.180 e. The molecule has 6 nitrogen and oxygen atoms in total. The first-order valence-electron chi connectivity index (χ1n) is 7.76. The summed E-state index contributed by atoms with van der Waals surface area (Å²) in [5, 5.41) is 0. The zero-order valence-electron chi connectivity index (χ0n) is 12.8. The minimum absolute atomic E-state index is 0.563. The van der Waals surface area contributed by atoms with E-state index < -0.39 is 0 Å². The Hall–Kier alpha value is -1.82. The van der Waals surface area contributed by atoms with Gasteiger partial charge in [0.05, 0.1) is 6.20 Å². The van der Waals surface area contributed by atoms with Crippen molar-refractivity contribution >= 4 is 17.3 Å². The Morgan fingerprint density at radius 2 is 2.19 bits per heavy atom. The number of hydrazine groups is 1. The minimum atomic E-state index is 0.563. The number of rotatable bonds is 5. The molecule has 0 saturated heterocycles. The van der Waals surface area contributed by atoms with Gasteiger partial charge < -0.3 is 14.7 Å². The summed E-state index contributed by atoms with van der Waals surface area (Å²) in [6.45, 7) is 5.49. The SMILES string of the molecule is CC(C)CN(c1nc(NN)cn2ccnc12)C1CCCC1. The van der Waals surface area contributed by atoms with Crippen LogP contribution in [-0.4, -0.2) is 27.0 Å². The van der Waals surface area contributed by atoms with Crippen LogP contribution in [0.3, 0.4) is 0 Å². The first-order valence-corrected chi connectivity index (χ1v) is 7.76. The number of nitrogen functional groups attached to an aromatic ring is 1. The van der Waals surface area contributed by atoms with E-state index in [2.05, 4.69) is 29.2 Å². The van der Waals surface area contributed by atoms with Gasteiger partial charge in [0.2, 0.25) is 0 Å². The van der Waals surface area contributed by atoms with Gasteiger partial charge in [-0.2, -0.15) is 0 Å². The number of hydrogen-bond acceptors (Lipinski definition) is 5. The lowest BCUT2D eigenvalue weighted by atomic mass is 10.1. The summed E-state index contributed by atoms with van der Waals surface area (Å²) in [6.07, 6.45) is 10.7. The van der Waals surface area contributed by atoms with Crippen LogP contribution in [0.4, 0.5) is 11.6 Å². The molecule has 0 amide bonds. The van der Waals surface area contributed by atoms with Crippen LogP contribution in [0.2, 0.25) is 0 Å². The Bertz CT molecular complexity index is 599. The minimum Gasteiger partial charge on any atom is -0.350 e. The molecule has 0 aliphatic heterocycles. The van der Waals surface area contributed by atoms with Gasteiger partial charge in [-0.15, -0.1) is 0 Å². The maximum absolute atomic E-state index is 5.57. The zero-order valence-corrected chi connectivity index (χ0v) is 12.8. The first kappa shape index (κ1) is 14.1. The number of imidazole rings is 1. The molecule has 0 aromatic carbocycles. The van der Waals surface area contributed by atoms with E-state index in [4.69, 9.17) is 10.8 Å². The van der Waals surface area contributed by atoms with E-state index in [0.29, 0.717) is 17.8 Å². The van der Waals surface area contributed by atoms with Gasteiger partial charge in [-0.1, -0.05) is 26.7 Å². The Kier molecular flexibility index (Phi) is 3.96. The molecule has 114 valence electrons. The van der Waals surface area contributed by atoms with Crippen molar-refractivity contribution in [3.8, 4) is 0 Å². The topological polar surface area (TPSA) is 71.5 Å². The quantitative estimate of drug-likeness (QED) is 0.653. The lowest BCUT2D eigenvalue weighted by Crippen LogP contribution is -2.37. The lowest BCUT2D eigenvalue weighted by Gasteiger charge is -2.32. The highest BCUT2D eigenvalue weighted by atomic mass is 15.3. The summed E-state index contributed by atoms with van der Waals surface area (Å²) in [5.74, 6) is 7.76. The zero-order chi connectivity index (χ0) is 14.8. The molecule has 1 aliphatic rings. The second-order valence-electron chi connectivity index (χ2n) is 6.24. The highest BCUT2D eigenvalue weighted by molar-refractivity contribution is 5.67. The van der Waals surface area contributed by atoms with Crippen LogP contribution >= 0.6 is 0 Å². The number of nitrogens with one attached hydrogen (secondary N) is 1. The van der Waals surface area contributed by atoms with Crippen molar-refractivity contribution in [1.29, 1.82) is 0 Å². The fraction of sp³-hybridized carbons (Fsp3) is 0.600. The average molecular weight is 288 g/mol. The third kappa shape index (κ3) is 2.81. The maximum atomic E-state index is 5.57. The number of aromatic nitrogens is 3. The van der Waals surface area contributed by atoms with Crippen molar-refractivity contribution in [2.75, 3.05) is 16.9 Å². The van der Waals surface area contributed by atoms with Crippen molar-refractivity contribution in [1.82, 2.24) is 14.4 Å². The fourth-order valence-corrected chi connectivity index (χ4v) is 3.20. The lowest BCUT2D eigenvalue weighted by molar-refractivity contribution is 0.532. The Morgan fingerprint density at radius 1 is 1.43 bits per heavy atom. The summed E-state index contributed by atoms with van der Waals surface area (Å²) in [4.78, 5) is 11.6. The van der Waals surface area contributed by atoms with Gasteiger partial charge in [0.25, 0.3) is 0 Å². The molecule has 21 heavy (non-hydrogen) atoms. The predicted molar refractivity (Wildman–Crippen MR) is 85.2 cm³/mol. The summed E-state index contributed by atoms with van der Waals surface area (Å²) in [6, 6.07) is 0.563. The molecule has 2 aromatic heterocycles. The summed E-state index contributed by atoms with van der Waals surface area (Å²) in [7, 11) is 0. The Balaban J connectivity index is 2.06. The van der Waals surface area contributed by atoms with E-state index in [1.54, 1.807) is 0 Å². The fourth-order valence-electron chi connectivity index (χ4n) is 3.20. The van der Waals surface area contributed by atoms with Crippen LogP contribution in [0.15, 0.2) is 18.6 Å². The number of nitrogens with zero attached hydrogens (tertiary/aromatic N) is 4. The molecule has 0 radical (unpaired) electrons. The van der Waals surface area contributed by atoms with Gasteiger partial charge in [0, 0.05) is 25.0 Å². The second kappa shape index (κ2) is 5.89. The third-order valence-corrected chi connectivity index (χ3v) is 4.10. The molecule has 1 aliphatic carbocycles. The molecule has 2 heterocycles. The normalized spacial score (nSPS) is 16.0. The van der Waals surface area contributed by atoms with Crippen molar-refractivity contribution in [3.05, 3.63) is 18.6 Å². The molecule has 3 N–H and O–H groups in total. The highest BCUT2D eigenvalue weighted by Gasteiger charge is 2.26. The van der Waals surface area contributed by atoms with Gasteiger partial charge in [0.1, 0.15) is 0 Å². The molecular weight excluding hydrogens is 264 g/mol. The van der Waals surface area contributed by atoms with Crippen LogP contribution < -0.4 is 16.2 Å². The van der Waals surface area contributed by atoms with Gasteiger partial charge >= 0.3 is 0 Å². The van der Waals surface area contributed by atoms with E-state index >= 15 is 0 Å². The molecule has 0 spiro atoms.